The summed E-state index contributed by atoms with van der Waals surface area (Å²) in [6, 6.07) is 2.38. The number of phenolic OH excluding ortho intramolecular Hbond substituents is 2. The Bertz CT molecular complexity index is 761. The average molecular weight is 291 g/mol. The predicted molar refractivity (Wildman–Crippen MR) is 77.5 cm³/mol. The molecule has 6 nitrogen and oxygen atoms in total. The van der Waals surface area contributed by atoms with Crippen LogP contribution in [0.15, 0.2) is 21.3 Å². The van der Waals surface area contributed by atoms with Crippen LogP contribution in [0.1, 0.15) is 25.0 Å². The van der Waals surface area contributed by atoms with Crippen molar-refractivity contribution in [3.63, 3.8) is 0 Å². The smallest absolute Gasteiger partial charge is 0.340 e. The van der Waals surface area contributed by atoms with Crippen molar-refractivity contribution in [1.29, 1.82) is 0 Å². The number of carbonyl (C=O) groups excluding carboxylic acids is 1. The van der Waals surface area contributed by atoms with Crippen LogP contribution in [0, 0.1) is 6.92 Å². The summed E-state index contributed by atoms with van der Waals surface area (Å²) in [4.78, 5) is 23.8. The molecule has 0 aliphatic heterocycles. The number of hydrogen-bond acceptors (Lipinski definition) is 5. The summed E-state index contributed by atoms with van der Waals surface area (Å²) >= 11 is 0. The van der Waals surface area contributed by atoms with Crippen LogP contribution in [0.4, 0.5) is 0 Å². The van der Waals surface area contributed by atoms with Crippen molar-refractivity contribution < 1.29 is 19.4 Å². The number of aryl methyl sites for hydroxylation is 1. The summed E-state index contributed by atoms with van der Waals surface area (Å²) < 4.78 is 5.09. The van der Waals surface area contributed by atoms with Crippen LogP contribution in [0.3, 0.4) is 0 Å². The van der Waals surface area contributed by atoms with Crippen LogP contribution in [0.25, 0.3) is 11.0 Å². The number of phenols is 2. The van der Waals surface area contributed by atoms with Gasteiger partial charge in [-0.05, 0) is 26.3 Å². The van der Waals surface area contributed by atoms with Crippen LogP contribution < -0.4 is 10.9 Å². The van der Waals surface area contributed by atoms with E-state index in [1.54, 1.807) is 6.92 Å². The van der Waals surface area contributed by atoms with Gasteiger partial charge in [0, 0.05) is 18.2 Å². The minimum absolute atomic E-state index is 0.0318. The van der Waals surface area contributed by atoms with E-state index in [-0.39, 0.29) is 41.0 Å². The number of carbonyl (C=O) groups is 1. The second-order valence-corrected chi connectivity index (χ2v) is 5.23. The van der Waals surface area contributed by atoms with Gasteiger partial charge in [-0.15, -0.1) is 0 Å². The number of aromatic hydroxyl groups is 2. The molecule has 1 aromatic carbocycles. The summed E-state index contributed by atoms with van der Waals surface area (Å²) in [6.45, 7) is 5.28. The van der Waals surface area contributed by atoms with Gasteiger partial charge in [-0.25, -0.2) is 4.79 Å². The molecule has 21 heavy (non-hydrogen) atoms. The van der Waals surface area contributed by atoms with Gasteiger partial charge in [-0.1, -0.05) is 0 Å². The first-order valence-electron chi connectivity index (χ1n) is 6.57. The van der Waals surface area contributed by atoms with E-state index in [9.17, 15) is 19.8 Å². The number of hydrogen-bond donors (Lipinski definition) is 3. The highest BCUT2D eigenvalue weighted by Crippen LogP contribution is 2.32. The molecule has 1 aromatic heterocycles. The SMILES string of the molecule is Cc1c(CC(=O)NC(C)C)c(=O)oc2cc(O)cc(O)c12. The maximum Gasteiger partial charge on any atom is 0.340 e. The molecule has 112 valence electrons. The fourth-order valence-electron chi connectivity index (χ4n) is 2.25. The second kappa shape index (κ2) is 5.47. The lowest BCUT2D eigenvalue weighted by Crippen LogP contribution is -2.33. The Morgan fingerprint density at radius 1 is 1.33 bits per heavy atom. The molecule has 3 N–H and O–H groups in total. The van der Waals surface area contributed by atoms with E-state index >= 15 is 0 Å². The summed E-state index contributed by atoms with van der Waals surface area (Å²) in [6.07, 6.45) is -0.122. The van der Waals surface area contributed by atoms with Gasteiger partial charge in [-0.3, -0.25) is 4.79 Å². The fourth-order valence-corrected chi connectivity index (χ4v) is 2.25. The fraction of sp³-hybridized carbons (Fsp3) is 0.333. The molecule has 0 atom stereocenters. The van der Waals surface area contributed by atoms with Crippen LogP contribution in [-0.4, -0.2) is 22.2 Å². The molecule has 0 radical (unpaired) electrons. The quantitative estimate of drug-likeness (QED) is 0.745. The van der Waals surface area contributed by atoms with Crippen molar-refractivity contribution in [3.05, 3.63) is 33.7 Å². The van der Waals surface area contributed by atoms with E-state index in [0.29, 0.717) is 10.9 Å². The zero-order valence-corrected chi connectivity index (χ0v) is 12.1. The van der Waals surface area contributed by atoms with Gasteiger partial charge in [-0.2, -0.15) is 0 Å². The molecule has 0 unspecified atom stereocenters. The lowest BCUT2D eigenvalue weighted by atomic mass is 10.0. The van der Waals surface area contributed by atoms with Gasteiger partial charge >= 0.3 is 5.63 Å². The Morgan fingerprint density at radius 3 is 2.62 bits per heavy atom. The van der Waals surface area contributed by atoms with Crippen molar-refractivity contribution in [1.82, 2.24) is 5.32 Å². The van der Waals surface area contributed by atoms with Crippen molar-refractivity contribution in [3.8, 4) is 11.5 Å². The highest BCUT2D eigenvalue weighted by atomic mass is 16.4. The zero-order chi connectivity index (χ0) is 15.7. The van der Waals surface area contributed by atoms with Crippen LogP contribution >= 0.6 is 0 Å². The first-order valence-corrected chi connectivity index (χ1v) is 6.57. The number of fused-ring (bicyclic) bond motifs is 1. The van der Waals surface area contributed by atoms with Crippen molar-refractivity contribution in [2.45, 2.75) is 33.2 Å². The van der Waals surface area contributed by atoms with Crippen LogP contribution in [0.5, 0.6) is 11.5 Å². The van der Waals surface area contributed by atoms with Crippen LogP contribution in [0.2, 0.25) is 0 Å². The van der Waals surface area contributed by atoms with E-state index in [1.807, 2.05) is 13.8 Å². The third kappa shape index (κ3) is 2.99. The summed E-state index contributed by atoms with van der Waals surface area (Å²) in [5.74, 6) is -0.692. The Labute approximate surface area is 121 Å². The maximum atomic E-state index is 12.0. The predicted octanol–water partition coefficient (Wildman–Crippen LogP) is 1.58. The summed E-state index contributed by atoms with van der Waals surface area (Å²) in [5, 5.41) is 22.3. The lowest BCUT2D eigenvalue weighted by Gasteiger charge is -2.11. The molecule has 0 aliphatic rings. The van der Waals surface area contributed by atoms with Gasteiger partial charge in [0.2, 0.25) is 5.91 Å². The van der Waals surface area contributed by atoms with E-state index in [0.717, 1.165) is 6.07 Å². The highest BCUT2D eigenvalue weighted by Gasteiger charge is 2.18. The maximum absolute atomic E-state index is 12.0. The molecular weight excluding hydrogens is 274 g/mol. The zero-order valence-electron chi connectivity index (χ0n) is 12.1. The molecule has 0 saturated heterocycles. The van der Waals surface area contributed by atoms with Gasteiger partial charge in [0.15, 0.2) is 0 Å². The second-order valence-electron chi connectivity index (χ2n) is 5.23. The van der Waals surface area contributed by atoms with Gasteiger partial charge < -0.3 is 19.9 Å². The van der Waals surface area contributed by atoms with Gasteiger partial charge in [0.1, 0.15) is 17.1 Å². The topological polar surface area (TPSA) is 99.8 Å². The first-order chi connectivity index (χ1) is 9.79. The summed E-state index contributed by atoms with van der Waals surface area (Å²) in [5.41, 5.74) is 0.103. The van der Waals surface area contributed by atoms with Gasteiger partial charge in [0.05, 0.1) is 17.4 Å². The number of nitrogens with one attached hydrogen (secondary N) is 1. The molecule has 0 saturated carbocycles. The minimum atomic E-state index is -0.649. The normalized spacial score (nSPS) is 11.0. The molecular formula is C15H17NO5. The van der Waals surface area contributed by atoms with E-state index in [1.165, 1.54) is 6.07 Å². The Hall–Kier alpha value is -2.50. The first kappa shape index (κ1) is 14.9. The van der Waals surface area contributed by atoms with E-state index in [4.69, 9.17) is 4.42 Å². The monoisotopic (exact) mass is 291 g/mol. The van der Waals surface area contributed by atoms with Crippen molar-refractivity contribution >= 4 is 16.9 Å². The minimum Gasteiger partial charge on any atom is -0.508 e. The Balaban J connectivity index is 2.55. The standard InChI is InChI=1S/C15H17NO5/c1-7(2)16-13(19)6-10-8(3)14-11(18)4-9(17)5-12(14)21-15(10)20/h4-5,7,17-18H,6H2,1-3H3,(H,16,19). The molecule has 6 heteroatoms. The molecule has 0 aliphatic carbocycles. The van der Waals surface area contributed by atoms with E-state index < -0.39 is 5.63 Å². The Kier molecular flexibility index (Phi) is 3.88. The largest absolute Gasteiger partial charge is 0.508 e. The molecule has 2 aromatic rings. The molecule has 0 fully saturated rings. The molecule has 1 amide bonds. The van der Waals surface area contributed by atoms with E-state index in [2.05, 4.69) is 5.32 Å². The highest BCUT2D eigenvalue weighted by molar-refractivity contribution is 5.89. The molecule has 2 rings (SSSR count). The average Bonchev–Trinajstić information content (AvgIpc) is 2.32. The van der Waals surface area contributed by atoms with Crippen molar-refractivity contribution in [2.75, 3.05) is 0 Å². The molecule has 0 bridgehead atoms. The van der Waals surface area contributed by atoms with Crippen LogP contribution in [-0.2, 0) is 11.2 Å². The number of benzene rings is 1. The lowest BCUT2D eigenvalue weighted by molar-refractivity contribution is -0.120. The molecule has 1 heterocycles. The number of amides is 1. The van der Waals surface area contributed by atoms with Crippen molar-refractivity contribution in [2.24, 2.45) is 0 Å². The number of rotatable bonds is 3. The van der Waals surface area contributed by atoms with Gasteiger partial charge in [0.25, 0.3) is 0 Å². The third-order valence-electron chi connectivity index (χ3n) is 3.13. The third-order valence-corrected chi connectivity index (χ3v) is 3.13. The summed E-state index contributed by atoms with van der Waals surface area (Å²) in [7, 11) is 0. The Morgan fingerprint density at radius 2 is 2.00 bits per heavy atom. The molecule has 0 spiro atoms.